The molecule has 0 bridgehead atoms. The highest BCUT2D eigenvalue weighted by Crippen LogP contribution is 2.18. The summed E-state index contributed by atoms with van der Waals surface area (Å²) in [7, 11) is -3.12. The van der Waals surface area contributed by atoms with E-state index >= 15 is 0 Å². The molecule has 1 atom stereocenters. The Morgan fingerprint density at radius 3 is 2.38 bits per heavy atom. The Kier molecular flexibility index (Phi) is 5.21. The van der Waals surface area contributed by atoms with Crippen LogP contribution >= 0.6 is 0 Å². The molecule has 1 unspecified atom stereocenters. The predicted octanol–water partition coefficient (Wildman–Crippen LogP) is 1.09. The Morgan fingerprint density at radius 1 is 1.31 bits per heavy atom. The summed E-state index contributed by atoms with van der Waals surface area (Å²) in [4.78, 5) is 0. The zero-order valence-corrected chi connectivity index (χ0v) is 11.3. The maximum atomic E-state index is 11.8. The van der Waals surface area contributed by atoms with Crippen molar-refractivity contribution < 1.29 is 8.42 Å². The van der Waals surface area contributed by atoms with Crippen LogP contribution in [0.1, 0.15) is 40.0 Å². The quantitative estimate of drug-likeness (QED) is 0.676. The van der Waals surface area contributed by atoms with Crippen molar-refractivity contribution in [3.8, 4) is 0 Å². The van der Waals surface area contributed by atoms with Crippen molar-refractivity contribution in [2.24, 2.45) is 5.92 Å². The molecule has 1 aliphatic rings. The van der Waals surface area contributed by atoms with Gasteiger partial charge < -0.3 is 5.32 Å². The maximum Gasteiger partial charge on any atom is 0.213 e. The minimum atomic E-state index is -3.12. The molecule has 0 saturated heterocycles. The normalized spacial score (nSPS) is 19.0. The lowest BCUT2D eigenvalue weighted by Gasteiger charge is -2.20. The Balaban J connectivity index is 2.30. The Bertz CT molecular complexity index is 297. The van der Waals surface area contributed by atoms with Gasteiger partial charge in [0, 0.05) is 18.6 Å². The van der Waals surface area contributed by atoms with Crippen LogP contribution in [0, 0.1) is 5.92 Å². The van der Waals surface area contributed by atoms with Gasteiger partial charge in [-0.3, -0.25) is 0 Å². The molecule has 5 heteroatoms. The molecule has 2 N–H and O–H groups in total. The lowest BCUT2D eigenvalue weighted by atomic mass is 10.0. The number of rotatable bonds is 8. The van der Waals surface area contributed by atoms with Gasteiger partial charge in [0.15, 0.2) is 0 Å². The summed E-state index contributed by atoms with van der Waals surface area (Å²) in [6, 6.07) is 0.633. The Labute approximate surface area is 99.2 Å². The van der Waals surface area contributed by atoms with Gasteiger partial charge >= 0.3 is 0 Å². The number of sulfonamides is 1. The van der Waals surface area contributed by atoms with E-state index in [-0.39, 0.29) is 11.8 Å². The molecule has 0 aromatic carbocycles. The van der Waals surface area contributed by atoms with Crippen molar-refractivity contribution in [2.45, 2.75) is 52.1 Å². The van der Waals surface area contributed by atoms with Gasteiger partial charge in [0.05, 0.1) is 5.75 Å². The average molecular weight is 248 g/mol. The van der Waals surface area contributed by atoms with Crippen molar-refractivity contribution >= 4 is 10.0 Å². The second-order valence-electron chi connectivity index (χ2n) is 4.92. The van der Waals surface area contributed by atoms with E-state index in [4.69, 9.17) is 0 Å². The van der Waals surface area contributed by atoms with Crippen LogP contribution in [0.15, 0.2) is 0 Å². The highest BCUT2D eigenvalue weighted by molar-refractivity contribution is 7.89. The molecule has 1 saturated carbocycles. The first-order valence-corrected chi connectivity index (χ1v) is 7.83. The van der Waals surface area contributed by atoms with E-state index in [2.05, 4.69) is 10.0 Å². The molecule has 1 fully saturated rings. The third-order valence-electron chi connectivity index (χ3n) is 2.96. The Hall–Kier alpha value is -0.130. The van der Waals surface area contributed by atoms with Gasteiger partial charge in [0.25, 0.3) is 0 Å². The zero-order valence-electron chi connectivity index (χ0n) is 10.5. The zero-order chi connectivity index (χ0) is 12.2. The monoisotopic (exact) mass is 248 g/mol. The molecular formula is C11H24N2O2S. The SMILES string of the molecule is CCC(NS(=O)(=O)CCNC1CC1)C(C)C. The van der Waals surface area contributed by atoms with Gasteiger partial charge in [0.2, 0.25) is 10.0 Å². The van der Waals surface area contributed by atoms with Crippen molar-refractivity contribution in [1.82, 2.24) is 10.0 Å². The molecule has 0 aliphatic heterocycles. The molecule has 96 valence electrons. The first-order chi connectivity index (χ1) is 7.44. The van der Waals surface area contributed by atoms with Gasteiger partial charge in [0.1, 0.15) is 0 Å². The molecular weight excluding hydrogens is 224 g/mol. The molecule has 1 aliphatic carbocycles. The summed E-state index contributed by atoms with van der Waals surface area (Å²) >= 11 is 0. The second-order valence-corrected chi connectivity index (χ2v) is 6.80. The van der Waals surface area contributed by atoms with Gasteiger partial charge in [-0.2, -0.15) is 0 Å². The van der Waals surface area contributed by atoms with Gasteiger partial charge in [-0.1, -0.05) is 20.8 Å². The van der Waals surface area contributed by atoms with Crippen LogP contribution in [0.4, 0.5) is 0 Å². The minimum absolute atomic E-state index is 0.0610. The van der Waals surface area contributed by atoms with Crippen LogP contribution in [-0.4, -0.2) is 32.8 Å². The lowest BCUT2D eigenvalue weighted by Crippen LogP contribution is -2.41. The molecule has 4 nitrogen and oxygen atoms in total. The van der Waals surface area contributed by atoms with Crippen LogP contribution in [0.2, 0.25) is 0 Å². The van der Waals surface area contributed by atoms with E-state index in [1.54, 1.807) is 0 Å². The fraction of sp³-hybridized carbons (Fsp3) is 1.00. The van der Waals surface area contributed by atoms with Crippen molar-refractivity contribution in [3.63, 3.8) is 0 Å². The molecule has 16 heavy (non-hydrogen) atoms. The highest BCUT2D eigenvalue weighted by Gasteiger charge is 2.22. The fourth-order valence-corrected chi connectivity index (χ4v) is 3.07. The van der Waals surface area contributed by atoms with E-state index < -0.39 is 10.0 Å². The highest BCUT2D eigenvalue weighted by atomic mass is 32.2. The van der Waals surface area contributed by atoms with E-state index in [0.717, 1.165) is 6.42 Å². The summed E-state index contributed by atoms with van der Waals surface area (Å²) in [6.45, 7) is 6.66. The molecule has 0 radical (unpaired) electrons. The first-order valence-electron chi connectivity index (χ1n) is 6.18. The topological polar surface area (TPSA) is 58.2 Å². The summed E-state index contributed by atoms with van der Waals surface area (Å²) in [6.07, 6.45) is 3.22. The van der Waals surface area contributed by atoms with E-state index in [0.29, 0.717) is 18.5 Å². The van der Waals surface area contributed by atoms with Crippen molar-refractivity contribution in [2.75, 3.05) is 12.3 Å². The average Bonchev–Trinajstić information content (AvgIpc) is 2.97. The molecule has 0 heterocycles. The summed E-state index contributed by atoms with van der Waals surface area (Å²) in [5, 5.41) is 3.21. The fourth-order valence-electron chi connectivity index (χ4n) is 1.67. The molecule has 0 aromatic rings. The minimum Gasteiger partial charge on any atom is -0.313 e. The standard InChI is InChI=1S/C11H24N2O2S/c1-4-11(9(2)3)13-16(14,15)8-7-12-10-5-6-10/h9-13H,4-8H2,1-3H3. The van der Waals surface area contributed by atoms with Crippen molar-refractivity contribution in [1.29, 1.82) is 0 Å². The molecule has 0 amide bonds. The van der Waals surface area contributed by atoms with Crippen molar-refractivity contribution in [3.05, 3.63) is 0 Å². The number of nitrogens with one attached hydrogen (secondary N) is 2. The summed E-state index contributed by atoms with van der Waals surface area (Å²) in [5.74, 6) is 0.531. The van der Waals surface area contributed by atoms with Gasteiger partial charge in [-0.25, -0.2) is 13.1 Å². The van der Waals surface area contributed by atoms with Crippen LogP contribution in [0.5, 0.6) is 0 Å². The molecule has 0 spiro atoms. The molecule has 1 rings (SSSR count). The van der Waals surface area contributed by atoms with Crippen LogP contribution < -0.4 is 10.0 Å². The second kappa shape index (κ2) is 5.98. The van der Waals surface area contributed by atoms with Crippen LogP contribution in [0.3, 0.4) is 0 Å². The first kappa shape index (κ1) is 13.9. The van der Waals surface area contributed by atoms with E-state index in [9.17, 15) is 8.42 Å². The van der Waals surface area contributed by atoms with Crippen LogP contribution in [-0.2, 0) is 10.0 Å². The predicted molar refractivity (Wildman–Crippen MR) is 66.9 cm³/mol. The van der Waals surface area contributed by atoms with Gasteiger partial charge in [-0.15, -0.1) is 0 Å². The summed E-state index contributed by atoms with van der Waals surface area (Å²) < 4.78 is 26.3. The number of hydrogen-bond donors (Lipinski definition) is 2. The third-order valence-corrected chi connectivity index (χ3v) is 4.36. The smallest absolute Gasteiger partial charge is 0.213 e. The maximum absolute atomic E-state index is 11.8. The summed E-state index contributed by atoms with van der Waals surface area (Å²) in [5.41, 5.74) is 0. The Morgan fingerprint density at radius 2 is 1.94 bits per heavy atom. The van der Waals surface area contributed by atoms with E-state index in [1.807, 2.05) is 20.8 Å². The van der Waals surface area contributed by atoms with Gasteiger partial charge in [-0.05, 0) is 25.2 Å². The van der Waals surface area contributed by atoms with E-state index in [1.165, 1.54) is 12.8 Å². The van der Waals surface area contributed by atoms with Crippen LogP contribution in [0.25, 0.3) is 0 Å². The lowest BCUT2D eigenvalue weighted by molar-refractivity contribution is 0.437. The third kappa shape index (κ3) is 5.27. The molecule has 0 aromatic heterocycles. The number of hydrogen-bond acceptors (Lipinski definition) is 3. The largest absolute Gasteiger partial charge is 0.313 e.